The number of rotatable bonds is 6. The fourth-order valence-corrected chi connectivity index (χ4v) is 3.11. The second-order valence-electron chi connectivity index (χ2n) is 6.48. The van der Waals surface area contributed by atoms with E-state index in [4.69, 9.17) is 4.74 Å². The maximum absolute atomic E-state index is 11.6. The average Bonchev–Trinajstić information content (AvgIpc) is 2.76. The van der Waals surface area contributed by atoms with Crippen LogP contribution in [0.5, 0.6) is 0 Å². The number of hydrogen-bond acceptors (Lipinski definition) is 8. The molecule has 0 bridgehead atoms. The predicted octanol–water partition coefficient (Wildman–Crippen LogP) is -0.863. The zero-order valence-electron chi connectivity index (χ0n) is 17.2. The summed E-state index contributed by atoms with van der Waals surface area (Å²) in [4.78, 5) is 25.5. The summed E-state index contributed by atoms with van der Waals surface area (Å²) in [6, 6.07) is 3.39. The van der Waals surface area contributed by atoms with Crippen LogP contribution < -0.4 is 15.5 Å². The van der Waals surface area contributed by atoms with Gasteiger partial charge in [0.05, 0.1) is 11.6 Å². The number of aliphatic carboxylic acids is 1. The van der Waals surface area contributed by atoms with E-state index in [0.29, 0.717) is 5.35 Å². The minimum Gasteiger partial charge on any atom is -0.479 e. The third-order valence-electron chi connectivity index (χ3n) is 4.63. The first-order valence-electron chi connectivity index (χ1n) is 9.44. The smallest absolute Gasteiger partial charge is 0.335 e. The number of hydrogen-bond donors (Lipinski definition) is 4. The Labute approximate surface area is 179 Å². The van der Waals surface area contributed by atoms with Gasteiger partial charge in [-0.3, -0.25) is 9.89 Å². The molecule has 10 heteroatoms. The summed E-state index contributed by atoms with van der Waals surface area (Å²) in [5, 5.41) is 41.8. The molecular weight excluding hydrogens is 404 g/mol. The Hall–Kier alpha value is -3.18. The van der Waals surface area contributed by atoms with Gasteiger partial charge in [-0.1, -0.05) is 25.3 Å². The van der Waals surface area contributed by atoms with Crippen LogP contribution in [0.4, 0.5) is 5.82 Å². The largest absolute Gasteiger partial charge is 0.479 e. The Morgan fingerprint density at radius 2 is 1.84 bits per heavy atom. The number of pyridine rings is 1. The highest BCUT2D eigenvalue weighted by atomic mass is 16.6. The number of carbonyl (C=O) groups is 1. The van der Waals surface area contributed by atoms with E-state index in [1.807, 2.05) is 13.0 Å². The third kappa shape index (κ3) is 5.12. The van der Waals surface area contributed by atoms with Crippen molar-refractivity contribution in [1.82, 2.24) is 4.98 Å². The van der Waals surface area contributed by atoms with Crippen molar-refractivity contribution in [3.63, 3.8) is 0 Å². The van der Waals surface area contributed by atoms with Crippen LogP contribution in [0.1, 0.15) is 13.8 Å². The number of aliphatic hydroxyl groups is 3. The van der Waals surface area contributed by atoms with Crippen LogP contribution in [-0.4, -0.2) is 74.1 Å². The van der Waals surface area contributed by atoms with Gasteiger partial charge in [-0.2, -0.15) is 0 Å². The fraction of sp³-hybridized carbons (Fsp3) is 0.333. The standard InChI is InChI=1S/C21H26N4O6/c1-5-12-9-10-14(24-13(12)6-2)25(15(23-8-4)11-22-7-3)20-18(28)16(26)17(27)19(31-20)21(29)30/h5-11,16-20,26-28H,3-4H2,1-2H3,(H,29,30)/b12-5-,13-6+,22-11?,23-15?/t16-,17-,18+,19-,20+/m0/s1. The molecule has 2 rings (SSSR count). The van der Waals surface area contributed by atoms with Gasteiger partial charge in [-0.25, -0.2) is 14.8 Å². The molecule has 0 saturated carbocycles. The molecule has 0 amide bonds. The number of carboxylic acid groups (broad SMARTS) is 1. The third-order valence-corrected chi connectivity index (χ3v) is 4.63. The summed E-state index contributed by atoms with van der Waals surface area (Å²) in [6.45, 7) is 10.7. The lowest BCUT2D eigenvalue weighted by Crippen LogP contribution is -2.65. The second-order valence-corrected chi connectivity index (χ2v) is 6.48. The second kappa shape index (κ2) is 10.7. The molecule has 5 atom stereocenters. The van der Waals surface area contributed by atoms with Crippen LogP contribution in [0.25, 0.3) is 12.2 Å². The fourth-order valence-electron chi connectivity index (χ4n) is 3.11. The topological polar surface area (TPSA) is 148 Å². The van der Waals surface area contributed by atoms with Crippen LogP contribution in [0.2, 0.25) is 0 Å². The number of nitrogens with zero attached hydrogens (tertiary/aromatic N) is 4. The minimum absolute atomic E-state index is 0.0782. The summed E-state index contributed by atoms with van der Waals surface area (Å²) in [6.07, 6.45) is -1.22. The average molecular weight is 430 g/mol. The van der Waals surface area contributed by atoms with Gasteiger partial charge in [-0.15, -0.1) is 0 Å². The maximum atomic E-state index is 11.6. The molecule has 0 aromatic carbocycles. The van der Waals surface area contributed by atoms with Crippen LogP contribution in [0.3, 0.4) is 0 Å². The van der Waals surface area contributed by atoms with Crippen LogP contribution in [0.15, 0.2) is 47.7 Å². The molecule has 2 heterocycles. The van der Waals surface area contributed by atoms with Gasteiger partial charge in [0.1, 0.15) is 24.1 Å². The van der Waals surface area contributed by atoms with Gasteiger partial charge >= 0.3 is 5.97 Å². The Bertz CT molecular complexity index is 1010. The molecule has 10 nitrogen and oxygen atoms in total. The van der Waals surface area contributed by atoms with Crippen molar-refractivity contribution in [2.45, 2.75) is 44.5 Å². The highest BCUT2D eigenvalue weighted by molar-refractivity contribution is 6.36. The van der Waals surface area contributed by atoms with E-state index in [9.17, 15) is 25.2 Å². The number of aliphatic hydroxyl groups excluding tert-OH is 3. The van der Waals surface area contributed by atoms with E-state index in [1.54, 1.807) is 25.1 Å². The Morgan fingerprint density at radius 1 is 1.13 bits per heavy atom. The SMILES string of the molecule is C=CN=CC(=NC=C)N(c1ccc(=C/C)/c(=C\C)n1)[C@@H]1O[C@H](C(=O)O)[C@@H](O)[C@H](O)[C@H]1O. The molecule has 0 spiro atoms. The molecule has 0 aliphatic carbocycles. The highest BCUT2D eigenvalue weighted by Crippen LogP contribution is 2.27. The normalized spacial score (nSPS) is 28.0. The Morgan fingerprint density at radius 3 is 2.39 bits per heavy atom. The van der Waals surface area contributed by atoms with E-state index in [0.717, 1.165) is 5.22 Å². The maximum Gasteiger partial charge on any atom is 0.335 e. The van der Waals surface area contributed by atoms with Gasteiger partial charge in [0, 0.05) is 12.4 Å². The van der Waals surface area contributed by atoms with Gasteiger partial charge < -0.3 is 25.2 Å². The molecule has 1 aliphatic heterocycles. The minimum atomic E-state index is -1.84. The lowest BCUT2D eigenvalue weighted by molar-refractivity contribution is -0.225. The molecule has 166 valence electrons. The van der Waals surface area contributed by atoms with Crippen LogP contribution in [-0.2, 0) is 9.53 Å². The first-order chi connectivity index (χ1) is 14.8. The molecule has 31 heavy (non-hydrogen) atoms. The van der Waals surface area contributed by atoms with Crippen molar-refractivity contribution in [2.24, 2.45) is 9.98 Å². The van der Waals surface area contributed by atoms with Crippen molar-refractivity contribution in [3.05, 3.63) is 48.3 Å². The summed E-state index contributed by atoms with van der Waals surface area (Å²) in [7, 11) is 0. The van der Waals surface area contributed by atoms with Crippen molar-refractivity contribution in [3.8, 4) is 0 Å². The van der Waals surface area contributed by atoms with E-state index in [-0.39, 0.29) is 11.7 Å². The van der Waals surface area contributed by atoms with Crippen molar-refractivity contribution in [2.75, 3.05) is 4.90 Å². The number of aromatic nitrogens is 1. The molecule has 1 aliphatic rings. The summed E-state index contributed by atoms with van der Waals surface area (Å²) < 4.78 is 5.50. The monoisotopic (exact) mass is 430 g/mol. The number of ether oxygens (including phenoxy) is 1. The van der Waals surface area contributed by atoms with Crippen LogP contribution >= 0.6 is 0 Å². The van der Waals surface area contributed by atoms with E-state index < -0.39 is 36.6 Å². The molecule has 0 unspecified atom stereocenters. The van der Waals surface area contributed by atoms with Crippen molar-refractivity contribution < 1.29 is 30.0 Å². The number of aliphatic imine (C=N–C) groups is 2. The molecule has 0 radical (unpaired) electrons. The lowest BCUT2D eigenvalue weighted by atomic mass is 9.97. The van der Waals surface area contributed by atoms with E-state index >= 15 is 0 Å². The first kappa shape index (κ1) is 24.1. The molecule has 4 N–H and O–H groups in total. The van der Waals surface area contributed by atoms with Crippen LogP contribution in [0, 0.1) is 0 Å². The van der Waals surface area contributed by atoms with Gasteiger partial charge in [-0.05, 0) is 31.2 Å². The summed E-state index contributed by atoms with van der Waals surface area (Å²) in [5.41, 5.74) is 0. The zero-order valence-corrected chi connectivity index (χ0v) is 17.2. The molecular formula is C21H26N4O6. The number of amidine groups is 1. The Kier molecular flexibility index (Phi) is 8.34. The van der Waals surface area contributed by atoms with E-state index in [1.165, 1.54) is 23.5 Å². The van der Waals surface area contributed by atoms with Crippen molar-refractivity contribution >= 4 is 36.0 Å². The van der Waals surface area contributed by atoms with Gasteiger partial charge in [0.15, 0.2) is 18.2 Å². The summed E-state index contributed by atoms with van der Waals surface area (Å²) in [5.74, 6) is -1.20. The van der Waals surface area contributed by atoms with Gasteiger partial charge in [0.2, 0.25) is 0 Å². The van der Waals surface area contributed by atoms with Crippen molar-refractivity contribution in [1.29, 1.82) is 0 Å². The van der Waals surface area contributed by atoms with Gasteiger partial charge in [0.25, 0.3) is 0 Å². The molecule has 1 fully saturated rings. The quantitative estimate of drug-likeness (QED) is 0.337. The lowest BCUT2D eigenvalue weighted by Gasteiger charge is -2.43. The number of carboxylic acids is 1. The first-order valence-corrected chi connectivity index (χ1v) is 9.44. The Balaban J connectivity index is 2.74. The summed E-state index contributed by atoms with van der Waals surface area (Å²) >= 11 is 0. The predicted molar refractivity (Wildman–Crippen MR) is 117 cm³/mol. The molecule has 1 saturated heterocycles. The van der Waals surface area contributed by atoms with E-state index in [2.05, 4.69) is 28.1 Å². The molecule has 1 aromatic rings. The zero-order chi connectivity index (χ0) is 23.1. The molecule has 1 aromatic heterocycles. The number of anilines is 1. The highest BCUT2D eigenvalue weighted by Gasteiger charge is 2.50.